The number of hydrogen-bond donors (Lipinski definition) is 1. The van der Waals surface area contributed by atoms with Gasteiger partial charge in [0, 0.05) is 52.0 Å². The van der Waals surface area contributed by atoms with Crippen molar-refractivity contribution in [1.82, 2.24) is 15.0 Å². The van der Waals surface area contributed by atoms with Crippen molar-refractivity contribution in [2.75, 3.05) is 26.7 Å². The molecule has 0 radical (unpaired) electrons. The fourth-order valence-corrected chi connectivity index (χ4v) is 3.78. The van der Waals surface area contributed by atoms with E-state index in [2.05, 4.69) is 5.16 Å². The van der Waals surface area contributed by atoms with Gasteiger partial charge in [0.2, 0.25) is 11.8 Å². The number of carbonyl (C=O) groups is 2. The van der Waals surface area contributed by atoms with Crippen LogP contribution in [-0.4, -0.2) is 53.5 Å². The van der Waals surface area contributed by atoms with Crippen molar-refractivity contribution in [2.24, 2.45) is 5.41 Å². The molecule has 0 bridgehead atoms. The molecule has 0 unspecified atom stereocenters. The molecule has 1 spiro atoms. The Labute approximate surface area is 140 Å². The zero-order chi connectivity index (χ0) is 17.2. The lowest BCUT2D eigenvalue weighted by molar-refractivity contribution is -0.134. The van der Waals surface area contributed by atoms with Gasteiger partial charge in [-0.15, -0.1) is 0 Å². The van der Waals surface area contributed by atoms with Crippen molar-refractivity contribution in [3.05, 3.63) is 22.2 Å². The van der Waals surface area contributed by atoms with Crippen LogP contribution in [0.3, 0.4) is 0 Å². The Hall–Kier alpha value is -2.05. The lowest BCUT2D eigenvalue weighted by Gasteiger charge is -2.41. The third-order valence-corrected chi connectivity index (χ3v) is 5.61. The first kappa shape index (κ1) is 16.8. The minimum absolute atomic E-state index is 0.107. The first-order valence-corrected chi connectivity index (χ1v) is 8.67. The first-order valence-electron chi connectivity index (χ1n) is 8.67. The van der Waals surface area contributed by atoms with Crippen molar-refractivity contribution in [2.45, 2.75) is 44.9 Å². The zero-order valence-corrected chi connectivity index (χ0v) is 14.2. The van der Waals surface area contributed by atoms with Crippen LogP contribution >= 0.6 is 0 Å². The Bertz CT molecular complexity index is 655. The van der Waals surface area contributed by atoms with E-state index in [1.165, 1.54) is 6.07 Å². The van der Waals surface area contributed by atoms with Crippen LogP contribution in [0.5, 0.6) is 0 Å². The summed E-state index contributed by atoms with van der Waals surface area (Å²) in [6.07, 6.45) is 5.33. The second-order valence-corrected chi connectivity index (χ2v) is 7.13. The fourth-order valence-electron chi connectivity index (χ4n) is 3.78. The summed E-state index contributed by atoms with van der Waals surface area (Å²) in [5.74, 6) is 0.862. The molecule has 1 N–H and O–H groups in total. The maximum atomic E-state index is 12.4. The highest BCUT2D eigenvalue weighted by Gasteiger charge is 2.38. The molecular weight excluding hydrogens is 310 g/mol. The quantitative estimate of drug-likeness (QED) is 0.898. The fraction of sp³-hybridized carbons (Fsp3) is 0.706. The lowest BCUT2D eigenvalue weighted by Crippen LogP contribution is -2.43. The van der Waals surface area contributed by atoms with Crippen LogP contribution in [0.2, 0.25) is 0 Å². The molecular formula is C17H25N3O4. The molecule has 2 aliphatic rings. The molecule has 2 aliphatic heterocycles. The average molecular weight is 335 g/mol. The Kier molecular flexibility index (Phi) is 4.78. The van der Waals surface area contributed by atoms with Crippen LogP contribution in [0.15, 0.2) is 15.4 Å². The lowest BCUT2D eigenvalue weighted by atomic mass is 9.73. The molecule has 0 saturated carbocycles. The van der Waals surface area contributed by atoms with E-state index in [-0.39, 0.29) is 22.8 Å². The number of aromatic nitrogens is 1. The second-order valence-electron chi connectivity index (χ2n) is 7.13. The third-order valence-electron chi connectivity index (χ3n) is 5.61. The summed E-state index contributed by atoms with van der Waals surface area (Å²) < 4.78 is 4.98. The maximum absolute atomic E-state index is 12.4. The van der Waals surface area contributed by atoms with Crippen LogP contribution in [0, 0.1) is 5.41 Å². The van der Waals surface area contributed by atoms with Crippen molar-refractivity contribution in [3.63, 3.8) is 0 Å². The largest absolute Gasteiger partial charge is 0.384 e. The number of H-pyrrole nitrogens is 1. The molecule has 1 aromatic rings. The van der Waals surface area contributed by atoms with Crippen molar-refractivity contribution in [3.8, 4) is 0 Å². The van der Waals surface area contributed by atoms with Gasteiger partial charge in [0.1, 0.15) is 5.76 Å². The molecule has 132 valence electrons. The Morgan fingerprint density at radius 2 is 1.92 bits per heavy atom. The molecule has 2 saturated heterocycles. The molecule has 3 rings (SSSR count). The number of nitrogens with zero attached hydrogens (tertiary/aromatic N) is 2. The van der Waals surface area contributed by atoms with Gasteiger partial charge in [-0.2, -0.15) is 5.16 Å². The van der Waals surface area contributed by atoms with E-state index in [0.717, 1.165) is 45.3 Å². The number of aromatic amines is 1. The third kappa shape index (κ3) is 3.71. The molecule has 7 nitrogen and oxygen atoms in total. The van der Waals surface area contributed by atoms with Gasteiger partial charge in [-0.1, -0.05) is 0 Å². The second kappa shape index (κ2) is 6.83. The summed E-state index contributed by atoms with van der Waals surface area (Å²) in [5.41, 5.74) is -0.0600. The first-order chi connectivity index (χ1) is 11.5. The predicted octanol–water partition coefficient (Wildman–Crippen LogP) is 1.15. The van der Waals surface area contributed by atoms with Crippen LogP contribution in [0.4, 0.5) is 0 Å². The molecule has 0 aliphatic carbocycles. The van der Waals surface area contributed by atoms with Gasteiger partial charge < -0.3 is 14.3 Å². The number of aryl methyl sites for hydroxylation is 1. The van der Waals surface area contributed by atoms with Gasteiger partial charge in [-0.3, -0.25) is 14.4 Å². The van der Waals surface area contributed by atoms with Gasteiger partial charge in [0.05, 0.1) is 0 Å². The number of amides is 2. The summed E-state index contributed by atoms with van der Waals surface area (Å²) in [6, 6.07) is 1.39. The Morgan fingerprint density at radius 3 is 2.58 bits per heavy atom. The van der Waals surface area contributed by atoms with E-state index in [0.29, 0.717) is 25.0 Å². The number of nitrogens with one attached hydrogen (secondary N) is 1. The van der Waals surface area contributed by atoms with E-state index < -0.39 is 0 Å². The summed E-state index contributed by atoms with van der Waals surface area (Å²) in [5, 5.41) is 2.24. The van der Waals surface area contributed by atoms with Crippen molar-refractivity contribution < 1.29 is 14.1 Å². The number of hydrogen-bond acceptors (Lipinski definition) is 4. The van der Waals surface area contributed by atoms with Gasteiger partial charge in [0.15, 0.2) is 0 Å². The van der Waals surface area contributed by atoms with Gasteiger partial charge in [0.25, 0.3) is 5.56 Å². The van der Waals surface area contributed by atoms with Gasteiger partial charge in [-0.25, -0.2) is 0 Å². The Morgan fingerprint density at radius 1 is 1.21 bits per heavy atom. The average Bonchev–Trinajstić information content (AvgIpc) is 2.96. The zero-order valence-electron chi connectivity index (χ0n) is 14.2. The SMILES string of the molecule is CN1CCC2(CCC1=O)CCN(C(=O)CCc1cc(=O)[nH]o1)CC2. The molecule has 7 heteroatoms. The summed E-state index contributed by atoms with van der Waals surface area (Å²) in [6.45, 7) is 2.33. The van der Waals surface area contributed by atoms with E-state index in [9.17, 15) is 14.4 Å². The van der Waals surface area contributed by atoms with E-state index >= 15 is 0 Å². The molecule has 3 heterocycles. The van der Waals surface area contributed by atoms with E-state index in [1.54, 1.807) is 0 Å². The highest BCUT2D eigenvalue weighted by Crippen LogP contribution is 2.41. The molecule has 0 aromatic carbocycles. The van der Waals surface area contributed by atoms with Crippen LogP contribution in [0.1, 0.15) is 44.3 Å². The van der Waals surface area contributed by atoms with Crippen molar-refractivity contribution in [1.29, 1.82) is 0 Å². The summed E-state index contributed by atoms with van der Waals surface area (Å²) >= 11 is 0. The standard InChI is InChI=1S/C17H25N3O4/c1-19-9-6-17(5-4-15(19)22)7-10-20(11-8-17)16(23)3-2-13-12-14(21)18-24-13/h12H,2-11H2,1H3,(H,18,21). The molecule has 0 atom stereocenters. The minimum Gasteiger partial charge on any atom is -0.384 e. The van der Waals surface area contributed by atoms with Gasteiger partial charge in [-0.05, 0) is 31.1 Å². The van der Waals surface area contributed by atoms with Crippen LogP contribution in [0.25, 0.3) is 0 Å². The normalized spacial score (nSPS) is 21.1. The summed E-state index contributed by atoms with van der Waals surface area (Å²) in [7, 11) is 1.87. The number of rotatable bonds is 3. The number of likely N-dealkylation sites (tertiary alicyclic amines) is 2. The number of piperidine rings is 1. The summed E-state index contributed by atoms with van der Waals surface area (Å²) in [4.78, 5) is 39.0. The number of carbonyl (C=O) groups excluding carboxylic acids is 2. The predicted molar refractivity (Wildman–Crippen MR) is 87.4 cm³/mol. The van der Waals surface area contributed by atoms with Crippen molar-refractivity contribution >= 4 is 11.8 Å². The molecule has 2 fully saturated rings. The Balaban J connectivity index is 1.50. The van der Waals surface area contributed by atoms with Gasteiger partial charge >= 0.3 is 0 Å². The minimum atomic E-state index is -0.273. The smallest absolute Gasteiger partial charge is 0.280 e. The highest BCUT2D eigenvalue weighted by molar-refractivity contribution is 5.77. The monoisotopic (exact) mass is 335 g/mol. The highest BCUT2D eigenvalue weighted by atomic mass is 16.5. The van der Waals surface area contributed by atoms with Crippen LogP contribution < -0.4 is 5.56 Å². The maximum Gasteiger partial charge on any atom is 0.280 e. The molecule has 2 amide bonds. The van der Waals surface area contributed by atoms with E-state index in [4.69, 9.17) is 4.52 Å². The van der Waals surface area contributed by atoms with Crippen LogP contribution in [-0.2, 0) is 16.0 Å². The molecule has 1 aromatic heterocycles. The molecule has 24 heavy (non-hydrogen) atoms. The topological polar surface area (TPSA) is 86.6 Å². The van der Waals surface area contributed by atoms with E-state index in [1.807, 2.05) is 16.8 Å².